The van der Waals surface area contributed by atoms with Crippen LogP contribution in [0.3, 0.4) is 0 Å². The third-order valence-corrected chi connectivity index (χ3v) is 7.95. The van der Waals surface area contributed by atoms with Crippen molar-refractivity contribution < 1.29 is 26.8 Å². The highest BCUT2D eigenvalue weighted by atomic mass is 32.2. The van der Waals surface area contributed by atoms with Crippen LogP contribution >= 0.6 is 0 Å². The predicted molar refractivity (Wildman–Crippen MR) is 112 cm³/mol. The van der Waals surface area contributed by atoms with Gasteiger partial charge >= 0.3 is 0 Å². The van der Waals surface area contributed by atoms with Crippen molar-refractivity contribution in [3.8, 4) is 0 Å². The highest BCUT2D eigenvalue weighted by molar-refractivity contribution is 7.89. The first-order valence-electron chi connectivity index (χ1n) is 10.7. The maximum atomic E-state index is 13.4. The minimum absolute atomic E-state index is 0.00877. The van der Waals surface area contributed by atoms with Crippen LogP contribution in [0.2, 0.25) is 0 Å². The van der Waals surface area contributed by atoms with Crippen LogP contribution in [0.5, 0.6) is 0 Å². The SMILES string of the molecule is CCCCS(=O)(=O)N1CCC(C(=O)N2CCN(C(=O)c3ccc(F)c(F)c3)CC2)CC1. The predicted octanol–water partition coefficient (Wildman–Crippen LogP) is 2.09. The van der Waals surface area contributed by atoms with Gasteiger partial charge in [0.2, 0.25) is 15.9 Å². The van der Waals surface area contributed by atoms with Crippen molar-refractivity contribution in [2.24, 2.45) is 5.92 Å². The van der Waals surface area contributed by atoms with Gasteiger partial charge in [-0.1, -0.05) is 13.3 Å². The normalized spacial score (nSPS) is 18.9. The van der Waals surface area contributed by atoms with E-state index >= 15 is 0 Å². The van der Waals surface area contributed by atoms with E-state index < -0.39 is 27.6 Å². The van der Waals surface area contributed by atoms with E-state index in [1.807, 2.05) is 6.92 Å². The summed E-state index contributed by atoms with van der Waals surface area (Å²) in [6.07, 6.45) is 2.45. The first-order chi connectivity index (χ1) is 14.7. The molecule has 10 heteroatoms. The maximum absolute atomic E-state index is 13.4. The molecule has 2 fully saturated rings. The second kappa shape index (κ2) is 10.0. The van der Waals surface area contributed by atoms with Gasteiger partial charge in [0.15, 0.2) is 11.6 Å². The lowest BCUT2D eigenvalue weighted by Gasteiger charge is -2.38. The monoisotopic (exact) mass is 457 g/mol. The summed E-state index contributed by atoms with van der Waals surface area (Å²) < 4.78 is 52.6. The Balaban J connectivity index is 1.49. The zero-order valence-electron chi connectivity index (χ0n) is 17.7. The molecular weight excluding hydrogens is 428 g/mol. The van der Waals surface area contributed by atoms with Gasteiger partial charge in [0.1, 0.15) is 0 Å². The van der Waals surface area contributed by atoms with Crippen LogP contribution in [0, 0.1) is 17.6 Å². The van der Waals surface area contributed by atoms with E-state index in [1.165, 1.54) is 15.3 Å². The van der Waals surface area contributed by atoms with Crippen LogP contribution in [0.1, 0.15) is 43.0 Å². The molecule has 2 heterocycles. The molecule has 2 saturated heterocycles. The number of benzene rings is 1. The number of piperidine rings is 1. The molecular formula is C21H29F2N3O4S. The third kappa shape index (κ3) is 5.60. The topological polar surface area (TPSA) is 78.0 Å². The number of halogens is 2. The molecule has 0 radical (unpaired) electrons. The van der Waals surface area contributed by atoms with E-state index in [9.17, 15) is 26.8 Å². The highest BCUT2D eigenvalue weighted by Crippen LogP contribution is 2.23. The van der Waals surface area contributed by atoms with Gasteiger partial charge in [-0.15, -0.1) is 0 Å². The number of unbranched alkanes of at least 4 members (excludes halogenated alkanes) is 1. The van der Waals surface area contributed by atoms with Gasteiger partial charge in [-0.2, -0.15) is 0 Å². The summed E-state index contributed by atoms with van der Waals surface area (Å²) in [4.78, 5) is 28.6. The fourth-order valence-electron chi connectivity index (χ4n) is 4.04. The molecule has 7 nitrogen and oxygen atoms in total. The Hall–Kier alpha value is -2.07. The Morgan fingerprint density at radius 2 is 1.58 bits per heavy atom. The number of hydrogen-bond acceptors (Lipinski definition) is 4. The van der Waals surface area contributed by atoms with Crippen molar-refractivity contribution in [1.82, 2.24) is 14.1 Å². The standard InChI is InChI=1S/C21H29F2N3O4S/c1-2-3-14-31(29,30)26-8-6-16(7-9-26)20(27)24-10-12-25(13-11-24)21(28)17-4-5-18(22)19(23)15-17/h4-5,15-16H,2-3,6-14H2,1H3. The summed E-state index contributed by atoms with van der Waals surface area (Å²) in [5.74, 6) is -2.54. The minimum Gasteiger partial charge on any atom is -0.339 e. The number of piperazine rings is 1. The van der Waals surface area contributed by atoms with Crippen molar-refractivity contribution in [1.29, 1.82) is 0 Å². The van der Waals surface area contributed by atoms with E-state index in [2.05, 4.69) is 0 Å². The number of carbonyl (C=O) groups excluding carboxylic acids is 2. The molecule has 0 N–H and O–H groups in total. The number of nitrogens with zero attached hydrogens (tertiary/aromatic N) is 3. The Morgan fingerprint density at radius 1 is 0.968 bits per heavy atom. The number of amides is 2. The quantitative estimate of drug-likeness (QED) is 0.656. The van der Waals surface area contributed by atoms with Crippen molar-refractivity contribution in [2.45, 2.75) is 32.6 Å². The number of rotatable bonds is 6. The summed E-state index contributed by atoms with van der Waals surface area (Å²) >= 11 is 0. The van der Waals surface area contributed by atoms with Crippen LogP contribution < -0.4 is 0 Å². The smallest absolute Gasteiger partial charge is 0.254 e. The average Bonchev–Trinajstić information content (AvgIpc) is 2.79. The molecule has 0 aromatic heterocycles. The molecule has 2 amide bonds. The summed E-state index contributed by atoms with van der Waals surface area (Å²) in [6, 6.07) is 3.06. The number of carbonyl (C=O) groups is 2. The third-order valence-electron chi connectivity index (χ3n) is 6.00. The average molecular weight is 458 g/mol. The largest absolute Gasteiger partial charge is 0.339 e. The lowest BCUT2D eigenvalue weighted by atomic mass is 9.96. The molecule has 0 atom stereocenters. The van der Waals surface area contributed by atoms with Gasteiger partial charge in [-0.05, 0) is 37.5 Å². The van der Waals surface area contributed by atoms with Crippen LogP contribution in [-0.2, 0) is 14.8 Å². The first kappa shape index (κ1) is 23.6. The Kier molecular flexibility index (Phi) is 7.64. The Labute approximate surface area is 182 Å². The lowest BCUT2D eigenvalue weighted by Crippen LogP contribution is -2.53. The minimum atomic E-state index is -3.25. The first-order valence-corrected chi connectivity index (χ1v) is 12.3. The fourth-order valence-corrected chi connectivity index (χ4v) is 5.72. The molecule has 31 heavy (non-hydrogen) atoms. The van der Waals surface area contributed by atoms with Crippen LogP contribution in [0.25, 0.3) is 0 Å². The molecule has 0 aliphatic carbocycles. The second-order valence-corrected chi connectivity index (χ2v) is 10.2. The molecule has 2 aliphatic heterocycles. The molecule has 1 aromatic carbocycles. The highest BCUT2D eigenvalue weighted by Gasteiger charge is 2.34. The van der Waals surface area contributed by atoms with Crippen molar-refractivity contribution in [3.05, 3.63) is 35.4 Å². The van der Waals surface area contributed by atoms with E-state index in [-0.39, 0.29) is 23.1 Å². The van der Waals surface area contributed by atoms with Gasteiger partial charge in [-0.25, -0.2) is 21.5 Å². The van der Waals surface area contributed by atoms with E-state index in [0.29, 0.717) is 58.5 Å². The summed E-state index contributed by atoms with van der Waals surface area (Å²) in [7, 11) is -3.25. The molecule has 2 aliphatic rings. The summed E-state index contributed by atoms with van der Waals surface area (Å²) in [5.41, 5.74) is 0.0790. The van der Waals surface area contributed by atoms with Gasteiger partial charge < -0.3 is 9.80 Å². The van der Waals surface area contributed by atoms with Crippen LogP contribution in [-0.4, -0.2) is 79.4 Å². The Morgan fingerprint density at radius 3 is 2.16 bits per heavy atom. The van der Waals surface area contributed by atoms with E-state index in [0.717, 1.165) is 18.6 Å². The van der Waals surface area contributed by atoms with Crippen LogP contribution in [0.15, 0.2) is 18.2 Å². The lowest BCUT2D eigenvalue weighted by molar-refractivity contribution is -0.138. The zero-order chi connectivity index (χ0) is 22.6. The summed E-state index contributed by atoms with van der Waals surface area (Å²) in [5, 5.41) is 0. The van der Waals surface area contributed by atoms with Gasteiger partial charge in [0.05, 0.1) is 5.75 Å². The Bertz CT molecular complexity index is 909. The van der Waals surface area contributed by atoms with Crippen molar-refractivity contribution >= 4 is 21.8 Å². The van der Waals surface area contributed by atoms with Gasteiger partial charge in [-0.3, -0.25) is 9.59 Å². The number of sulfonamides is 1. The van der Waals surface area contributed by atoms with Crippen molar-refractivity contribution in [3.63, 3.8) is 0 Å². The second-order valence-electron chi connectivity index (χ2n) is 8.09. The zero-order valence-corrected chi connectivity index (χ0v) is 18.5. The molecule has 3 rings (SSSR count). The fraction of sp³-hybridized carbons (Fsp3) is 0.619. The molecule has 172 valence electrons. The maximum Gasteiger partial charge on any atom is 0.254 e. The molecule has 0 bridgehead atoms. The molecule has 0 spiro atoms. The van der Waals surface area contributed by atoms with Crippen molar-refractivity contribution in [2.75, 3.05) is 45.0 Å². The molecule has 0 saturated carbocycles. The van der Waals surface area contributed by atoms with E-state index in [1.54, 1.807) is 4.90 Å². The van der Waals surface area contributed by atoms with Crippen LogP contribution in [0.4, 0.5) is 8.78 Å². The molecule has 0 unspecified atom stereocenters. The van der Waals surface area contributed by atoms with Gasteiger partial charge in [0, 0.05) is 50.7 Å². The van der Waals surface area contributed by atoms with E-state index in [4.69, 9.17) is 0 Å². The number of hydrogen-bond donors (Lipinski definition) is 0. The molecule has 1 aromatic rings. The summed E-state index contributed by atoms with van der Waals surface area (Å²) in [6.45, 7) is 4.02. The van der Waals surface area contributed by atoms with Gasteiger partial charge in [0.25, 0.3) is 5.91 Å².